The van der Waals surface area contributed by atoms with Crippen LogP contribution in [0.4, 0.5) is 0 Å². The van der Waals surface area contributed by atoms with E-state index in [2.05, 4.69) is 0 Å². The molecule has 0 fully saturated rings. The van der Waals surface area contributed by atoms with E-state index in [1.54, 1.807) is 24.3 Å². The third-order valence-electron chi connectivity index (χ3n) is 3.59. The summed E-state index contributed by atoms with van der Waals surface area (Å²) in [6.07, 6.45) is 3.33. The number of carbonyl (C=O) groups excluding carboxylic acids is 1. The molecule has 0 heterocycles. The Labute approximate surface area is 140 Å². The molecule has 0 aromatic heterocycles. The molecule has 0 radical (unpaired) electrons. The number of allylic oxidation sites excluding steroid dienone is 1. The van der Waals surface area contributed by atoms with Crippen LogP contribution in [-0.2, 0) is 0 Å². The normalized spacial score (nSPS) is 10.8. The topological polar surface area (TPSA) is 17.1 Å². The van der Waals surface area contributed by atoms with E-state index >= 15 is 0 Å². The lowest BCUT2D eigenvalue weighted by atomic mass is 10.0. The first-order valence-corrected chi connectivity index (χ1v) is 7.75. The highest BCUT2D eigenvalue weighted by Gasteiger charge is 2.07. The van der Waals surface area contributed by atoms with Crippen LogP contribution in [0.15, 0.2) is 84.9 Å². The van der Waals surface area contributed by atoms with Gasteiger partial charge >= 0.3 is 0 Å². The number of hydrogen-bond acceptors (Lipinski definition) is 1. The first kappa shape index (κ1) is 15.3. The molecule has 0 aliphatic rings. The minimum Gasteiger partial charge on any atom is -0.289 e. The lowest BCUT2D eigenvalue weighted by molar-refractivity contribution is 0.104. The Morgan fingerprint density at radius 2 is 1.43 bits per heavy atom. The predicted molar refractivity (Wildman–Crippen MR) is 96.7 cm³/mol. The number of rotatable bonds is 4. The fourth-order valence-electron chi connectivity index (χ4n) is 2.38. The molecule has 0 aliphatic heterocycles. The fourth-order valence-corrected chi connectivity index (χ4v) is 2.68. The molecule has 112 valence electrons. The average Bonchev–Trinajstić information content (AvgIpc) is 2.62. The fraction of sp³-hybridized carbons (Fsp3) is 0. The molecule has 0 spiro atoms. The van der Waals surface area contributed by atoms with Gasteiger partial charge in [0.05, 0.1) is 5.02 Å². The quantitative estimate of drug-likeness (QED) is 0.432. The molecule has 0 amide bonds. The van der Waals surface area contributed by atoms with Crippen LogP contribution in [0.25, 0.3) is 17.2 Å². The molecule has 2 heteroatoms. The van der Waals surface area contributed by atoms with Gasteiger partial charge in [0.1, 0.15) is 0 Å². The van der Waals surface area contributed by atoms with Crippen molar-refractivity contribution in [2.24, 2.45) is 0 Å². The van der Waals surface area contributed by atoms with Gasteiger partial charge in [0.15, 0.2) is 5.78 Å². The highest BCUT2D eigenvalue weighted by Crippen LogP contribution is 2.31. The maximum atomic E-state index is 12.2. The van der Waals surface area contributed by atoms with Crippen molar-refractivity contribution in [3.05, 3.63) is 101 Å². The Bertz CT molecular complexity index is 836. The Balaban J connectivity index is 1.90. The van der Waals surface area contributed by atoms with Crippen LogP contribution in [0, 0.1) is 0 Å². The van der Waals surface area contributed by atoms with Gasteiger partial charge in [0.25, 0.3) is 0 Å². The van der Waals surface area contributed by atoms with Gasteiger partial charge in [-0.05, 0) is 23.3 Å². The summed E-state index contributed by atoms with van der Waals surface area (Å²) in [7, 11) is 0. The Kier molecular flexibility index (Phi) is 4.70. The molecule has 0 bridgehead atoms. The molecule has 0 saturated carbocycles. The number of benzene rings is 3. The lowest BCUT2D eigenvalue weighted by Gasteiger charge is -2.07. The molecule has 0 aliphatic carbocycles. The molecule has 3 aromatic rings. The van der Waals surface area contributed by atoms with Crippen molar-refractivity contribution in [2.75, 3.05) is 0 Å². The first-order valence-electron chi connectivity index (χ1n) is 7.37. The van der Waals surface area contributed by atoms with Crippen molar-refractivity contribution in [2.45, 2.75) is 0 Å². The van der Waals surface area contributed by atoms with Gasteiger partial charge in [0, 0.05) is 11.1 Å². The van der Waals surface area contributed by atoms with Gasteiger partial charge in [-0.25, -0.2) is 0 Å². The maximum absolute atomic E-state index is 12.2. The first-order chi connectivity index (χ1) is 11.3. The van der Waals surface area contributed by atoms with Crippen LogP contribution in [0.2, 0.25) is 5.02 Å². The average molecular weight is 319 g/mol. The largest absolute Gasteiger partial charge is 0.289 e. The second-order valence-electron chi connectivity index (χ2n) is 5.14. The predicted octanol–water partition coefficient (Wildman–Crippen LogP) is 5.90. The molecule has 0 saturated heterocycles. The minimum absolute atomic E-state index is 0.0354. The zero-order valence-corrected chi connectivity index (χ0v) is 13.2. The number of hydrogen-bond donors (Lipinski definition) is 0. The molecular formula is C21H15ClO. The zero-order chi connectivity index (χ0) is 16.1. The molecule has 3 rings (SSSR count). The van der Waals surface area contributed by atoms with Crippen molar-refractivity contribution in [3.8, 4) is 11.1 Å². The van der Waals surface area contributed by atoms with Crippen LogP contribution >= 0.6 is 11.6 Å². The van der Waals surface area contributed by atoms with Gasteiger partial charge in [-0.3, -0.25) is 4.79 Å². The standard InChI is InChI=1S/C21H15ClO/c22-21-18(14-15-20(23)17-10-5-2-6-11-17)12-7-13-19(21)16-8-3-1-4-9-16/h1-15H. The summed E-state index contributed by atoms with van der Waals surface area (Å²) < 4.78 is 0. The monoisotopic (exact) mass is 318 g/mol. The summed E-state index contributed by atoms with van der Waals surface area (Å²) in [4.78, 5) is 12.2. The van der Waals surface area contributed by atoms with E-state index in [4.69, 9.17) is 11.6 Å². The molecule has 1 nitrogen and oxygen atoms in total. The highest BCUT2D eigenvalue weighted by molar-refractivity contribution is 6.35. The van der Waals surface area contributed by atoms with Gasteiger partial charge in [-0.1, -0.05) is 90.5 Å². The van der Waals surface area contributed by atoms with E-state index < -0.39 is 0 Å². The number of halogens is 1. The molecular weight excluding hydrogens is 304 g/mol. The van der Waals surface area contributed by atoms with Crippen LogP contribution in [0.5, 0.6) is 0 Å². The van der Waals surface area contributed by atoms with E-state index in [9.17, 15) is 4.79 Å². The second kappa shape index (κ2) is 7.08. The summed E-state index contributed by atoms with van der Waals surface area (Å²) >= 11 is 6.51. The smallest absolute Gasteiger partial charge is 0.185 e. The summed E-state index contributed by atoms with van der Waals surface area (Å²) in [5, 5.41) is 0.649. The van der Waals surface area contributed by atoms with E-state index in [1.807, 2.05) is 66.7 Å². The van der Waals surface area contributed by atoms with Crippen LogP contribution in [0.3, 0.4) is 0 Å². The Morgan fingerprint density at radius 3 is 2.13 bits per heavy atom. The van der Waals surface area contributed by atoms with Crippen molar-refractivity contribution in [1.82, 2.24) is 0 Å². The molecule has 3 aromatic carbocycles. The van der Waals surface area contributed by atoms with Gasteiger partial charge in [0.2, 0.25) is 0 Å². The van der Waals surface area contributed by atoms with Crippen LogP contribution < -0.4 is 0 Å². The minimum atomic E-state index is -0.0354. The molecule has 0 atom stereocenters. The molecule has 23 heavy (non-hydrogen) atoms. The third kappa shape index (κ3) is 3.58. The highest BCUT2D eigenvalue weighted by atomic mass is 35.5. The summed E-state index contributed by atoms with van der Waals surface area (Å²) in [6, 6.07) is 25.0. The number of carbonyl (C=O) groups is 1. The third-order valence-corrected chi connectivity index (χ3v) is 4.01. The van der Waals surface area contributed by atoms with Crippen molar-refractivity contribution >= 4 is 23.5 Å². The number of ketones is 1. The van der Waals surface area contributed by atoms with Gasteiger partial charge < -0.3 is 0 Å². The van der Waals surface area contributed by atoms with E-state index in [0.29, 0.717) is 10.6 Å². The van der Waals surface area contributed by atoms with Crippen LogP contribution in [0.1, 0.15) is 15.9 Å². The molecule has 0 unspecified atom stereocenters. The Hall–Kier alpha value is -2.64. The van der Waals surface area contributed by atoms with Crippen LogP contribution in [-0.4, -0.2) is 5.78 Å². The van der Waals surface area contributed by atoms with Crippen molar-refractivity contribution in [1.29, 1.82) is 0 Å². The Morgan fingerprint density at radius 1 is 0.783 bits per heavy atom. The maximum Gasteiger partial charge on any atom is 0.185 e. The molecule has 0 N–H and O–H groups in total. The summed E-state index contributed by atoms with van der Waals surface area (Å²) in [6.45, 7) is 0. The van der Waals surface area contributed by atoms with E-state index in [-0.39, 0.29) is 5.78 Å². The van der Waals surface area contributed by atoms with E-state index in [1.165, 1.54) is 0 Å². The summed E-state index contributed by atoms with van der Waals surface area (Å²) in [5.41, 5.74) is 3.51. The SMILES string of the molecule is O=C(C=Cc1cccc(-c2ccccc2)c1Cl)c1ccccc1. The zero-order valence-electron chi connectivity index (χ0n) is 12.4. The second-order valence-corrected chi connectivity index (χ2v) is 5.52. The summed E-state index contributed by atoms with van der Waals surface area (Å²) in [5.74, 6) is -0.0354. The van der Waals surface area contributed by atoms with Gasteiger partial charge in [-0.15, -0.1) is 0 Å². The van der Waals surface area contributed by atoms with Crippen molar-refractivity contribution in [3.63, 3.8) is 0 Å². The lowest BCUT2D eigenvalue weighted by Crippen LogP contribution is -1.93. The van der Waals surface area contributed by atoms with E-state index in [0.717, 1.165) is 16.7 Å². The van der Waals surface area contributed by atoms with Crippen molar-refractivity contribution < 1.29 is 4.79 Å². The van der Waals surface area contributed by atoms with Gasteiger partial charge in [-0.2, -0.15) is 0 Å².